The molecule has 1 aromatic heterocycles. The molecular formula is C12H14BrN3. The van der Waals surface area contributed by atoms with E-state index in [2.05, 4.69) is 21.0 Å². The summed E-state index contributed by atoms with van der Waals surface area (Å²) in [6.45, 7) is 4.57. The minimum absolute atomic E-state index is 0.533. The molecule has 0 spiro atoms. The van der Waals surface area contributed by atoms with Gasteiger partial charge in [0.15, 0.2) is 0 Å². The predicted octanol–water partition coefficient (Wildman–Crippen LogP) is 2.71. The Morgan fingerprint density at radius 2 is 2.12 bits per heavy atom. The lowest BCUT2D eigenvalue weighted by molar-refractivity contribution is 0.832. The van der Waals surface area contributed by atoms with Crippen LogP contribution in [0.2, 0.25) is 0 Å². The maximum absolute atomic E-state index is 5.71. The number of aryl methyl sites for hydroxylation is 1. The van der Waals surface area contributed by atoms with Crippen LogP contribution in [0.5, 0.6) is 0 Å². The zero-order chi connectivity index (χ0) is 11.7. The molecule has 0 aliphatic heterocycles. The number of aromatic nitrogens is 2. The van der Waals surface area contributed by atoms with Crippen LogP contribution in [0.4, 0.5) is 0 Å². The second-order valence-electron chi connectivity index (χ2n) is 3.75. The summed E-state index contributed by atoms with van der Waals surface area (Å²) in [7, 11) is 0. The van der Waals surface area contributed by atoms with Gasteiger partial charge in [0, 0.05) is 22.3 Å². The summed E-state index contributed by atoms with van der Waals surface area (Å²) >= 11 is 3.46. The summed E-state index contributed by atoms with van der Waals surface area (Å²) in [4.78, 5) is 0. The molecule has 0 amide bonds. The Bertz CT molecular complexity index is 517. The van der Waals surface area contributed by atoms with E-state index in [1.165, 1.54) is 0 Å². The molecule has 0 radical (unpaired) electrons. The lowest BCUT2D eigenvalue weighted by atomic mass is 10.2. The van der Waals surface area contributed by atoms with Gasteiger partial charge in [-0.3, -0.25) is 0 Å². The van der Waals surface area contributed by atoms with Crippen LogP contribution in [-0.4, -0.2) is 9.78 Å². The Hall–Kier alpha value is -1.13. The second kappa shape index (κ2) is 4.39. The van der Waals surface area contributed by atoms with Gasteiger partial charge < -0.3 is 5.73 Å². The fraction of sp³-hybridized carbons (Fsp3) is 0.250. The molecule has 16 heavy (non-hydrogen) atoms. The van der Waals surface area contributed by atoms with Crippen molar-refractivity contribution in [2.24, 2.45) is 5.73 Å². The zero-order valence-corrected chi connectivity index (χ0v) is 11.0. The average molecular weight is 280 g/mol. The lowest BCUT2D eigenvalue weighted by Gasteiger charge is -2.05. The highest BCUT2D eigenvalue weighted by atomic mass is 79.9. The molecule has 2 rings (SSSR count). The first kappa shape index (κ1) is 11.4. The largest absolute Gasteiger partial charge is 0.326 e. The normalized spacial score (nSPS) is 10.8. The Labute approximate surface area is 103 Å². The first-order valence-electron chi connectivity index (χ1n) is 5.14. The third-order valence-electron chi connectivity index (χ3n) is 2.70. The van der Waals surface area contributed by atoms with Crippen molar-refractivity contribution in [2.45, 2.75) is 20.4 Å². The molecule has 0 fully saturated rings. The van der Waals surface area contributed by atoms with E-state index >= 15 is 0 Å². The van der Waals surface area contributed by atoms with Gasteiger partial charge in [0.05, 0.1) is 11.4 Å². The molecule has 0 saturated carbocycles. The van der Waals surface area contributed by atoms with Gasteiger partial charge in [-0.1, -0.05) is 22.0 Å². The Morgan fingerprint density at radius 1 is 1.38 bits per heavy atom. The summed E-state index contributed by atoms with van der Waals surface area (Å²) in [5, 5.41) is 4.51. The molecule has 0 saturated heterocycles. The lowest BCUT2D eigenvalue weighted by Crippen LogP contribution is -2.01. The third-order valence-corrected chi connectivity index (χ3v) is 3.19. The van der Waals surface area contributed by atoms with Gasteiger partial charge in [0.25, 0.3) is 0 Å². The molecule has 2 N–H and O–H groups in total. The van der Waals surface area contributed by atoms with Crippen molar-refractivity contribution >= 4 is 15.9 Å². The van der Waals surface area contributed by atoms with Crippen LogP contribution >= 0.6 is 15.9 Å². The van der Waals surface area contributed by atoms with Gasteiger partial charge in [-0.2, -0.15) is 5.10 Å². The Morgan fingerprint density at radius 3 is 2.69 bits per heavy atom. The highest BCUT2D eigenvalue weighted by Crippen LogP contribution is 2.20. The van der Waals surface area contributed by atoms with Gasteiger partial charge in [-0.15, -0.1) is 0 Å². The summed E-state index contributed by atoms with van der Waals surface area (Å²) in [5.41, 5.74) is 10.00. The van der Waals surface area contributed by atoms with E-state index in [9.17, 15) is 0 Å². The summed E-state index contributed by atoms with van der Waals surface area (Å²) in [5.74, 6) is 0. The van der Waals surface area contributed by atoms with Crippen molar-refractivity contribution in [3.05, 3.63) is 45.7 Å². The molecule has 2 aromatic rings. The maximum Gasteiger partial charge on any atom is 0.0660 e. The fourth-order valence-corrected chi connectivity index (χ4v) is 2.22. The maximum atomic E-state index is 5.71. The number of nitrogens with zero attached hydrogens (tertiary/aromatic N) is 2. The molecule has 0 aliphatic carbocycles. The standard InChI is InChI=1S/C12H14BrN3/c1-8-12(7-14)9(2)16(15-8)11-5-3-4-10(13)6-11/h3-6H,7,14H2,1-2H3. The van der Waals surface area contributed by atoms with E-state index in [-0.39, 0.29) is 0 Å². The van der Waals surface area contributed by atoms with Gasteiger partial charge in [0.2, 0.25) is 0 Å². The third kappa shape index (κ3) is 1.90. The number of hydrogen-bond donors (Lipinski definition) is 1. The SMILES string of the molecule is Cc1nn(-c2cccc(Br)c2)c(C)c1CN. The average Bonchev–Trinajstić information content (AvgIpc) is 2.54. The number of hydrogen-bond acceptors (Lipinski definition) is 2. The predicted molar refractivity (Wildman–Crippen MR) is 68.6 cm³/mol. The van der Waals surface area contributed by atoms with E-state index in [0.29, 0.717) is 6.54 Å². The van der Waals surface area contributed by atoms with Crippen molar-refractivity contribution in [1.82, 2.24) is 9.78 Å². The highest BCUT2D eigenvalue weighted by Gasteiger charge is 2.10. The Balaban J connectivity index is 2.56. The number of halogens is 1. The van der Waals surface area contributed by atoms with Crippen molar-refractivity contribution in [3.8, 4) is 5.69 Å². The van der Waals surface area contributed by atoms with E-state index in [1.54, 1.807) is 0 Å². The molecule has 3 nitrogen and oxygen atoms in total. The van der Waals surface area contributed by atoms with Crippen LogP contribution in [0.3, 0.4) is 0 Å². The quantitative estimate of drug-likeness (QED) is 0.919. The van der Waals surface area contributed by atoms with Crippen molar-refractivity contribution in [3.63, 3.8) is 0 Å². The van der Waals surface area contributed by atoms with Crippen molar-refractivity contribution < 1.29 is 0 Å². The zero-order valence-electron chi connectivity index (χ0n) is 9.37. The van der Waals surface area contributed by atoms with Crippen LogP contribution < -0.4 is 5.73 Å². The first-order valence-corrected chi connectivity index (χ1v) is 5.94. The van der Waals surface area contributed by atoms with Crippen LogP contribution in [-0.2, 0) is 6.54 Å². The summed E-state index contributed by atoms with van der Waals surface area (Å²) in [6, 6.07) is 8.07. The highest BCUT2D eigenvalue weighted by molar-refractivity contribution is 9.10. The molecule has 0 unspecified atom stereocenters. The number of rotatable bonds is 2. The van der Waals surface area contributed by atoms with Gasteiger partial charge in [0.1, 0.15) is 0 Å². The molecule has 0 bridgehead atoms. The summed E-state index contributed by atoms with van der Waals surface area (Å²) < 4.78 is 2.98. The summed E-state index contributed by atoms with van der Waals surface area (Å²) in [6.07, 6.45) is 0. The van der Waals surface area contributed by atoms with Gasteiger partial charge >= 0.3 is 0 Å². The van der Waals surface area contributed by atoms with Crippen molar-refractivity contribution in [1.29, 1.82) is 0 Å². The second-order valence-corrected chi connectivity index (χ2v) is 4.66. The minimum Gasteiger partial charge on any atom is -0.326 e. The van der Waals surface area contributed by atoms with Gasteiger partial charge in [-0.05, 0) is 32.0 Å². The van der Waals surface area contributed by atoms with E-state index in [1.807, 2.05) is 42.8 Å². The molecule has 0 atom stereocenters. The molecular weight excluding hydrogens is 266 g/mol. The van der Waals surface area contributed by atoms with E-state index in [4.69, 9.17) is 5.73 Å². The minimum atomic E-state index is 0.533. The number of benzene rings is 1. The molecule has 1 aromatic carbocycles. The van der Waals surface area contributed by atoms with Crippen LogP contribution in [0.25, 0.3) is 5.69 Å². The van der Waals surface area contributed by atoms with E-state index < -0.39 is 0 Å². The van der Waals surface area contributed by atoms with Crippen LogP contribution in [0.1, 0.15) is 17.0 Å². The molecule has 84 valence electrons. The van der Waals surface area contributed by atoms with Gasteiger partial charge in [-0.25, -0.2) is 4.68 Å². The number of nitrogens with two attached hydrogens (primary N) is 1. The van der Waals surface area contributed by atoms with E-state index in [0.717, 1.165) is 27.1 Å². The topological polar surface area (TPSA) is 43.8 Å². The first-order chi connectivity index (χ1) is 7.63. The monoisotopic (exact) mass is 279 g/mol. The van der Waals surface area contributed by atoms with Crippen LogP contribution in [0.15, 0.2) is 28.7 Å². The molecule has 4 heteroatoms. The van der Waals surface area contributed by atoms with Crippen molar-refractivity contribution in [2.75, 3.05) is 0 Å². The molecule has 0 aliphatic rings. The molecule has 1 heterocycles. The fourth-order valence-electron chi connectivity index (χ4n) is 1.83. The smallest absolute Gasteiger partial charge is 0.0660 e. The Kier molecular flexibility index (Phi) is 3.12. The van der Waals surface area contributed by atoms with Crippen LogP contribution in [0, 0.1) is 13.8 Å².